The Morgan fingerprint density at radius 3 is 2.70 bits per heavy atom. The van der Waals surface area contributed by atoms with Crippen molar-refractivity contribution in [1.82, 2.24) is 5.32 Å². The minimum Gasteiger partial charge on any atom is -0.486 e. The number of hydrogen-bond donors (Lipinski definition) is 2. The Balaban J connectivity index is 1.39. The highest BCUT2D eigenvalue weighted by Gasteiger charge is 2.31. The maximum Gasteiger partial charge on any atom is 0.220 e. The lowest BCUT2D eigenvalue weighted by Gasteiger charge is -2.22. The van der Waals surface area contributed by atoms with E-state index in [4.69, 9.17) is 9.47 Å². The Morgan fingerprint density at radius 1 is 1.17 bits per heavy atom. The summed E-state index contributed by atoms with van der Waals surface area (Å²) in [6.45, 7) is 1.57. The van der Waals surface area contributed by atoms with Gasteiger partial charge >= 0.3 is 0 Å². The molecule has 0 bridgehead atoms. The van der Waals surface area contributed by atoms with Gasteiger partial charge in [-0.15, -0.1) is 0 Å². The Morgan fingerprint density at radius 2 is 1.91 bits per heavy atom. The number of nitrogens with one attached hydrogen (secondary N) is 1. The van der Waals surface area contributed by atoms with Crippen LogP contribution < -0.4 is 14.8 Å². The van der Waals surface area contributed by atoms with Crippen LogP contribution in [0.15, 0.2) is 18.2 Å². The molecule has 3 rings (SSSR count). The smallest absolute Gasteiger partial charge is 0.220 e. The highest BCUT2D eigenvalue weighted by atomic mass is 16.6. The van der Waals surface area contributed by atoms with Gasteiger partial charge in [-0.2, -0.15) is 0 Å². The molecule has 1 heterocycles. The summed E-state index contributed by atoms with van der Waals surface area (Å²) < 4.78 is 11.1. The lowest BCUT2D eigenvalue weighted by molar-refractivity contribution is -0.122. The molecule has 1 aromatic carbocycles. The third-order valence-corrected chi connectivity index (χ3v) is 4.62. The molecule has 1 saturated carbocycles. The van der Waals surface area contributed by atoms with Crippen LogP contribution in [-0.2, 0) is 11.2 Å². The molecule has 0 saturated heterocycles. The van der Waals surface area contributed by atoms with Crippen LogP contribution in [0.1, 0.15) is 44.1 Å². The molecule has 2 N–H and O–H groups in total. The average molecular weight is 319 g/mol. The second kappa shape index (κ2) is 7.21. The number of benzene rings is 1. The summed E-state index contributed by atoms with van der Waals surface area (Å²) in [7, 11) is 0. The summed E-state index contributed by atoms with van der Waals surface area (Å²) in [5.74, 6) is 1.60. The number of carbonyl (C=O) groups is 1. The lowest BCUT2D eigenvalue weighted by atomic mass is 10.0. The zero-order chi connectivity index (χ0) is 16.1. The molecule has 1 aromatic rings. The molecule has 1 aliphatic heterocycles. The fourth-order valence-electron chi connectivity index (χ4n) is 3.26. The van der Waals surface area contributed by atoms with Gasteiger partial charge in [0, 0.05) is 13.0 Å². The topological polar surface area (TPSA) is 67.8 Å². The normalized spacial score (nSPS) is 18.7. The zero-order valence-corrected chi connectivity index (χ0v) is 13.5. The number of carbonyl (C=O) groups excluding carboxylic acids is 1. The van der Waals surface area contributed by atoms with E-state index < -0.39 is 5.60 Å². The van der Waals surface area contributed by atoms with Crippen LogP contribution in [0.25, 0.3) is 0 Å². The second-order valence-electron chi connectivity index (χ2n) is 6.54. The standard InChI is InChI=1S/C18H25NO4/c20-17(19-13-18(21)8-1-2-9-18)5-3-4-14-6-7-15-16(12-14)23-11-10-22-15/h6-7,12,21H,1-5,8-11,13H2,(H,19,20). The number of aryl methyl sites for hydroxylation is 1. The zero-order valence-electron chi connectivity index (χ0n) is 13.5. The van der Waals surface area contributed by atoms with Crippen LogP contribution in [0.5, 0.6) is 11.5 Å². The molecule has 0 aromatic heterocycles. The molecule has 1 aliphatic carbocycles. The van der Waals surface area contributed by atoms with Crippen molar-refractivity contribution in [3.05, 3.63) is 23.8 Å². The van der Waals surface area contributed by atoms with Crippen molar-refractivity contribution in [2.45, 2.75) is 50.5 Å². The Hall–Kier alpha value is -1.75. The van der Waals surface area contributed by atoms with Gasteiger partial charge in [0.25, 0.3) is 0 Å². The van der Waals surface area contributed by atoms with E-state index in [1.54, 1.807) is 0 Å². The summed E-state index contributed by atoms with van der Waals surface area (Å²) in [5.41, 5.74) is 0.474. The molecular weight excluding hydrogens is 294 g/mol. The largest absolute Gasteiger partial charge is 0.486 e. The highest BCUT2D eigenvalue weighted by molar-refractivity contribution is 5.75. The van der Waals surface area contributed by atoms with Gasteiger partial charge in [0.1, 0.15) is 13.2 Å². The first-order valence-corrected chi connectivity index (χ1v) is 8.52. The van der Waals surface area contributed by atoms with E-state index in [0.29, 0.717) is 26.2 Å². The number of rotatable bonds is 6. The summed E-state index contributed by atoms with van der Waals surface area (Å²) in [5, 5.41) is 13.1. The fourth-order valence-corrected chi connectivity index (χ4v) is 3.26. The molecule has 0 radical (unpaired) electrons. The SMILES string of the molecule is O=C(CCCc1ccc2c(c1)OCCO2)NCC1(O)CCCC1. The van der Waals surface area contributed by atoms with Crippen molar-refractivity contribution in [3.63, 3.8) is 0 Å². The van der Waals surface area contributed by atoms with Crippen molar-refractivity contribution >= 4 is 5.91 Å². The molecule has 0 atom stereocenters. The molecule has 0 spiro atoms. The van der Waals surface area contributed by atoms with Gasteiger partial charge in [-0.25, -0.2) is 0 Å². The van der Waals surface area contributed by atoms with E-state index in [1.165, 1.54) is 0 Å². The van der Waals surface area contributed by atoms with E-state index in [2.05, 4.69) is 5.32 Å². The third kappa shape index (κ3) is 4.38. The lowest BCUT2D eigenvalue weighted by Crippen LogP contribution is -2.40. The summed E-state index contributed by atoms with van der Waals surface area (Å²) in [4.78, 5) is 11.9. The quantitative estimate of drug-likeness (QED) is 0.843. The van der Waals surface area contributed by atoms with Gasteiger partial charge in [-0.3, -0.25) is 4.79 Å². The molecular formula is C18H25NO4. The van der Waals surface area contributed by atoms with Crippen LogP contribution >= 0.6 is 0 Å². The van der Waals surface area contributed by atoms with Crippen LogP contribution in [0.3, 0.4) is 0 Å². The number of fused-ring (bicyclic) bond motifs is 1. The van der Waals surface area contributed by atoms with Crippen molar-refractivity contribution in [3.8, 4) is 11.5 Å². The fraction of sp³-hybridized carbons (Fsp3) is 0.611. The number of amides is 1. The monoisotopic (exact) mass is 319 g/mol. The number of ether oxygens (including phenoxy) is 2. The molecule has 5 heteroatoms. The van der Waals surface area contributed by atoms with Crippen molar-refractivity contribution in [2.24, 2.45) is 0 Å². The van der Waals surface area contributed by atoms with E-state index in [-0.39, 0.29) is 5.91 Å². The van der Waals surface area contributed by atoms with Crippen molar-refractivity contribution in [1.29, 1.82) is 0 Å². The first kappa shape index (κ1) is 16.1. The Kier molecular flexibility index (Phi) is 5.06. The molecule has 1 amide bonds. The summed E-state index contributed by atoms with van der Waals surface area (Å²) in [6, 6.07) is 5.94. The molecule has 2 aliphatic rings. The maximum atomic E-state index is 11.9. The predicted octanol–water partition coefficient (Wildman–Crippen LogP) is 2.20. The van der Waals surface area contributed by atoms with E-state index in [1.807, 2.05) is 18.2 Å². The average Bonchev–Trinajstić information content (AvgIpc) is 3.00. The third-order valence-electron chi connectivity index (χ3n) is 4.62. The van der Waals surface area contributed by atoms with E-state index >= 15 is 0 Å². The van der Waals surface area contributed by atoms with Gasteiger partial charge in [0.05, 0.1) is 5.60 Å². The van der Waals surface area contributed by atoms with Gasteiger partial charge in [-0.1, -0.05) is 18.9 Å². The van der Waals surface area contributed by atoms with Gasteiger partial charge in [-0.05, 0) is 43.4 Å². The number of aliphatic hydroxyl groups is 1. The van der Waals surface area contributed by atoms with Crippen LogP contribution in [-0.4, -0.2) is 36.4 Å². The predicted molar refractivity (Wildman–Crippen MR) is 86.8 cm³/mol. The number of hydrogen-bond acceptors (Lipinski definition) is 4. The van der Waals surface area contributed by atoms with E-state index in [9.17, 15) is 9.90 Å². The van der Waals surface area contributed by atoms with E-state index in [0.717, 1.165) is 55.6 Å². The van der Waals surface area contributed by atoms with Crippen LogP contribution in [0.4, 0.5) is 0 Å². The first-order chi connectivity index (χ1) is 11.1. The molecule has 5 nitrogen and oxygen atoms in total. The molecule has 23 heavy (non-hydrogen) atoms. The molecule has 0 unspecified atom stereocenters. The molecule has 1 fully saturated rings. The van der Waals surface area contributed by atoms with Crippen molar-refractivity contribution in [2.75, 3.05) is 19.8 Å². The van der Waals surface area contributed by atoms with Gasteiger partial charge in [0.2, 0.25) is 5.91 Å². The maximum absolute atomic E-state index is 11.9. The summed E-state index contributed by atoms with van der Waals surface area (Å²) >= 11 is 0. The van der Waals surface area contributed by atoms with Gasteiger partial charge < -0.3 is 19.9 Å². The Labute approximate surface area is 137 Å². The molecule has 126 valence electrons. The minimum absolute atomic E-state index is 0.0165. The Bertz CT molecular complexity index is 552. The first-order valence-electron chi connectivity index (χ1n) is 8.52. The minimum atomic E-state index is -0.675. The second-order valence-corrected chi connectivity index (χ2v) is 6.54. The van der Waals surface area contributed by atoms with Gasteiger partial charge in [0.15, 0.2) is 11.5 Å². The van der Waals surface area contributed by atoms with Crippen molar-refractivity contribution < 1.29 is 19.4 Å². The van der Waals surface area contributed by atoms with Crippen LogP contribution in [0, 0.1) is 0 Å². The summed E-state index contributed by atoms with van der Waals surface area (Å²) in [6.07, 6.45) is 5.78. The van der Waals surface area contributed by atoms with Crippen LogP contribution in [0.2, 0.25) is 0 Å². The highest BCUT2D eigenvalue weighted by Crippen LogP contribution is 2.31.